The second-order valence-corrected chi connectivity index (χ2v) is 7.98. The van der Waals surface area contributed by atoms with E-state index in [9.17, 15) is 4.39 Å². The van der Waals surface area contributed by atoms with Crippen LogP contribution in [-0.2, 0) is 0 Å². The van der Waals surface area contributed by atoms with Gasteiger partial charge in [-0.3, -0.25) is 0 Å². The summed E-state index contributed by atoms with van der Waals surface area (Å²) in [5.41, 5.74) is 2.85. The van der Waals surface area contributed by atoms with Crippen LogP contribution in [-0.4, -0.2) is 16.6 Å². The lowest BCUT2D eigenvalue weighted by Crippen LogP contribution is -1.98. The SMILES string of the molecule is CCCCCCOc1ccc(Nc2ncnc3scc(-c4ccc(F)cc4)c23)cc1. The van der Waals surface area contributed by atoms with Crippen LogP contribution in [0.4, 0.5) is 15.9 Å². The molecule has 154 valence electrons. The summed E-state index contributed by atoms with van der Waals surface area (Å²) >= 11 is 1.55. The summed E-state index contributed by atoms with van der Waals surface area (Å²) in [5, 5.41) is 6.36. The first-order chi connectivity index (χ1) is 14.7. The Kier molecular flexibility index (Phi) is 6.54. The van der Waals surface area contributed by atoms with Gasteiger partial charge in [0.25, 0.3) is 0 Å². The minimum atomic E-state index is -0.249. The lowest BCUT2D eigenvalue weighted by molar-refractivity contribution is 0.305. The molecule has 0 aliphatic heterocycles. The van der Waals surface area contributed by atoms with Gasteiger partial charge >= 0.3 is 0 Å². The van der Waals surface area contributed by atoms with Crippen LogP contribution in [0.25, 0.3) is 21.3 Å². The molecule has 0 fully saturated rings. The molecule has 0 amide bonds. The third kappa shape index (κ3) is 4.76. The molecule has 0 radical (unpaired) electrons. The van der Waals surface area contributed by atoms with E-state index in [2.05, 4.69) is 22.2 Å². The third-order valence-electron chi connectivity index (χ3n) is 4.91. The van der Waals surface area contributed by atoms with Gasteiger partial charge in [-0.05, 0) is 48.4 Å². The molecule has 1 N–H and O–H groups in total. The van der Waals surface area contributed by atoms with E-state index in [0.717, 1.165) is 51.6 Å². The molecule has 6 heteroatoms. The number of hydrogen-bond acceptors (Lipinski definition) is 5. The maximum atomic E-state index is 13.3. The van der Waals surface area contributed by atoms with Gasteiger partial charge in [0.05, 0.1) is 12.0 Å². The quantitative estimate of drug-likeness (QED) is 0.290. The maximum absolute atomic E-state index is 13.3. The Labute approximate surface area is 179 Å². The number of ether oxygens (including phenoxy) is 1. The number of thiophene rings is 1. The average Bonchev–Trinajstić information content (AvgIpc) is 3.21. The van der Waals surface area contributed by atoms with Crippen molar-refractivity contribution in [3.63, 3.8) is 0 Å². The van der Waals surface area contributed by atoms with E-state index in [1.165, 1.54) is 31.4 Å². The van der Waals surface area contributed by atoms with Gasteiger partial charge in [0, 0.05) is 16.6 Å². The molecule has 4 nitrogen and oxygen atoms in total. The third-order valence-corrected chi connectivity index (χ3v) is 5.80. The fourth-order valence-corrected chi connectivity index (χ4v) is 4.22. The fourth-order valence-electron chi connectivity index (χ4n) is 3.30. The number of nitrogens with zero attached hydrogens (tertiary/aromatic N) is 2. The minimum Gasteiger partial charge on any atom is -0.494 e. The molecule has 0 aliphatic carbocycles. The Balaban J connectivity index is 1.51. The number of halogens is 1. The molecule has 0 aliphatic rings. The van der Waals surface area contributed by atoms with Crippen molar-refractivity contribution < 1.29 is 9.13 Å². The standard InChI is InChI=1S/C24H24FN3OS/c1-2-3-4-5-14-29-20-12-10-19(11-13-20)28-23-22-21(15-30-24(22)27-16-26-23)17-6-8-18(25)9-7-17/h6-13,15-16H,2-5,14H2,1H3,(H,26,27,28). The summed E-state index contributed by atoms with van der Waals surface area (Å²) in [6, 6.07) is 14.4. The zero-order chi connectivity index (χ0) is 20.8. The number of rotatable bonds is 9. The van der Waals surface area contributed by atoms with E-state index in [0.29, 0.717) is 0 Å². The molecule has 0 spiro atoms. The summed E-state index contributed by atoms with van der Waals surface area (Å²) in [4.78, 5) is 9.74. The Hall–Kier alpha value is -2.99. The van der Waals surface area contributed by atoms with E-state index in [1.807, 2.05) is 29.6 Å². The number of benzene rings is 2. The normalized spacial score (nSPS) is 11.0. The van der Waals surface area contributed by atoms with Crippen LogP contribution in [0.1, 0.15) is 32.6 Å². The molecule has 4 rings (SSSR count). The number of aromatic nitrogens is 2. The summed E-state index contributed by atoms with van der Waals surface area (Å²) in [7, 11) is 0. The summed E-state index contributed by atoms with van der Waals surface area (Å²) < 4.78 is 19.1. The van der Waals surface area contributed by atoms with Crippen LogP contribution in [0.5, 0.6) is 5.75 Å². The molecule has 2 heterocycles. The van der Waals surface area contributed by atoms with Crippen molar-refractivity contribution in [1.82, 2.24) is 9.97 Å². The highest BCUT2D eigenvalue weighted by molar-refractivity contribution is 7.17. The van der Waals surface area contributed by atoms with Crippen molar-refractivity contribution in [2.75, 3.05) is 11.9 Å². The van der Waals surface area contributed by atoms with E-state index in [1.54, 1.807) is 29.8 Å². The average molecular weight is 422 g/mol. The van der Waals surface area contributed by atoms with Crippen LogP contribution in [0.15, 0.2) is 60.2 Å². The zero-order valence-corrected chi connectivity index (χ0v) is 17.7. The highest BCUT2D eigenvalue weighted by atomic mass is 32.1. The van der Waals surface area contributed by atoms with Gasteiger partial charge < -0.3 is 10.1 Å². The van der Waals surface area contributed by atoms with Gasteiger partial charge in [0.2, 0.25) is 0 Å². The fraction of sp³-hybridized carbons (Fsp3) is 0.250. The predicted molar refractivity (Wildman–Crippen MR) is 122 cm³/mol. The second kappa shape index (κ2) is 9.67. The molecule has 0 bridgehead atoms. The van der Waals surface area contributed by atoms with Gasteiger partial charge in [-0.1, -0.05) is 38.3 Å². The molecule has 2 aromatic carbocycles. The Bertz CT molecular complexity index is 1090. The van der Waals surface area contributed by atoms with Crippen molar-refractivity contribution in [1.29, 1.82) is 0 Å². The van der Waals surface area contributed by atoms with Crippen molar-refractivity contribution in [2.45, 2.75) is 32.6 Å². The van der Waals surface area contributed by atoms with Crippen LogP contribution < -0.4 is 10.1 Å². The van der Waals surface area contributed by atoms with E-state index < -0.39 is 0 Å². The second-order valence-electron chi connectivity index (χ2n) is 7.12. The molecule has 2 aromatic heterocycles. The van der Waals surface area contributed by atoms with E-state index in [4.69, 9.17) is 4.74 Å². The van der Waals surface area contributed by atoms with Crippen LogP contribution in [0.3, 0.4) is 0 Å². The monoisotopic (exact) mass is 421 g/mol. The largest absolute Gasteiger partial charge is 0.494 e. The van der Waals surface area contributed by atoms with Crippen LogP contribution in [0.2, 0.25) is 0 Å². The van der Waals surface area contributed by atoms with Gasteiger partial charge in [-0.15, -0.1) is 11.3 Å². The lowest BCUT2D eigenvalue weighted by Gasteiger charge is -2.10. The molecular formula is C24H24FN3OS. The molecule has 4 aromatic rings. The number of hydrogen-bond donors (Lipinski definition) is 1. The van der Waals surface area contributed by atoms with Gasteiger partial charge in [-0.25, -0.2) is 14.4 Å². The van der Waals surface area contributed by atoms with Crippen molar-refractivity contribution in [3.05, 3.63) is 66.1 Å². The van der Waals surface area contributed by atoms with Gasteiger partial charge in [-0.2, -0.15) is 0 Å². The number of fused-ring (bicyclic) bond motifs is 1. The van der Waals surface area contributed by atoms with Crippen molar-refractivity contribution in [2.24, 2.45) is 0 Å². The first-order valence-electron chi connectivity index (χ1n) is 10.2. The van der Waals surface area contributed by atoms with Gasteiger partial charge in [0.1, 0.15) is 28.5 Å². The molecule has 0 saturated heterocycles. The molecule has 0 unspecified atom stereocenters. The first kappa shape index (κ1) is 20.3. The zero-order valence-electron chi connectivity index (χ0n) is 16.9. The first-order valence-corrected chi connectivity index (χ1v) is 11.1. The van der Waals surface area contributed by atoms with E-state index in [-0.39, 0.29) is 5.82 Å². The predicted octanol–water partition coefficient (Wildman–Crippen LogP) is 7.20. The van der Waals surface area contributed by atoms with Crippen molar-refractivity contribution in [3.8, 4) is 16.9 Å². The Morgan fingerprint density at radius 3 is 2.53 bits per heavy atom. The van der Waals surface area contributed by atoms with E-state index >= 15 is 0 Å². The summed E-state index contributed by atoms with van der Waals surface area (Å²) in [5.74, 6) is 1.35. The van der Waals surface area contributed by atoms with Gasteiger partial charge in [0.15, 0.2) is 0 Å². The summed E-state index contributed by atoms with van der Waals surface area (Å²) in [6.07, 6.45) is 6.32. The summed E-state index contributed by atoms with van der Waals surface area (Å²) in [6.45, 7) is 2.95. The van der Waals surface area contributed by atoms with Crippen LogP contribution >= 0.6 is 11.3 Å². The minimum absolute atomic E-state index is 0.249. The molecular weight excluding hydrogens is 397 g/mol. The number of nitrogens with one attached hydrogen (secondary N) is 1. The maximum Gasteiger partial charge on any atom is 0.143 e. The van der Waals surface area contributed by atoms with Crippen LogP contribution in [0, 0.1) is 5.82 Å². The van der Waals surface area contributed by atoms with Crippen molar-refractivity contribution >= 4 is 33.1 Å². The number of anilines is 2. The highest BCUT2D eigenvalue weighted by Gasteiger charge is 2.13. The highest BCUT2D eigenvalue weighted by Crippen LogP contribution is 2.37. The molecule has 0 saturated carbocycles. The lowest BCUT2D eigenvalue weighted by atomic mass is 10.1. The Morgan fingerprint density at radius 1 is 0.967 bits per heavy atom. The molecule has 30 heavy (non-hydrogen) atoms. The molecule has 0 atom stereocenters. The Morgan fingerprint density at radius 2 is 1.77 bits per heavy atom. The number of unbranched alkanes of at least 4 members (excludes halogenated alkanes) is 3. The topological polar surface area (TPSA) is 47.0 Å². The smallest absolute Gasteiger partial charge is 0.143 e.